The Morgan fingerprint density at radius 1 is 1.24 bits per heavy atom. The number of fused-ring (bicyclic) bond motifs is 1. The van der Waals surface area contributed by atoms with E-state index in [1.807, 2.05) is 13.8 Å². The molecule has 1 fully saturated rings. The van der Waals surface area contributed by atoms with Crippen LogP contribution in [0.3, 0.4) is 0 Å². The molecule has 0 atom stereocenters. The van der Waals surface area contributed by atoms with E-state index in [1.165, 1.54) is 11.3 Å². The van der Waals surface area contributed by atoms with Crippen LogP contribution in [0.5, 0.6) is 0 Å². The van der Waals surface area contributed by atoms with Crippen molar-refractivity contribution in [1.29, 1.82) is 5.26 Å². The van der Waals surface area contributed by atoms with Crippen molar-refractivity contribution in [3.05, 3.63) is 62.0 Å². The third kappa shape index (κ3) is 3.59. The number of nitrogens with zero attached hydrogens (tertiary/aromatic N) is 3. The van der Waals surface area contributed by atoms with Gasteiger partial charge in [-0.05, 0) is 56.0 Å². The van der Waals surface area contributed by atoms with Crippen molar-refractivity contribution < 1.29 is 4.79 Å². The molecule has 6 nitrogen and oxygen atoms in total. The fourth-order valence-corrected chi connectivity index (χ4v) is 4.55. The fraction of sp³-hybridized carbons (Fsp3) is 0.273. The zero-order valence-electron chi connectivity index (χ0n) is 16.3. The van der Waals surface area contributed by atoms with Crippen molar-refractivity contribution in [2.45, 2.75) is 26.7 Å². The van der Waals surface area contributed by atoms with Gasteiger partial charge in [0.2, 0.25) is 0 Å². The number of likely N-dealkylation sites (tertiary alicyclic amines) is 1. The molecule has 0 saturated carbocycles. The van der Waals surface area contributed by atoms with Gasteiger partial charge in [0, 0.05) is 18.0 Å². The minimum atomic E-state index is -0.230. The Balaban J connectivity index is 1.86. The molecule has 1 aliphatic rings. The van der Waals surface area contributed by atoms with E-state index in [4.69, 9.17) is 5.26 Å². The van der Waals surface area contributed by atoms with E-state index in [1.54, 1.807) is 35.2 Å². The van der Waals surface area contributed by atoms with E-state index >= 15 is 0 Å². The van der Waals surface area contributed by atoms with E-state index in [0.29, 0.717) is 34.4 Å². The second-order valence-corrected chi connectivity index (χ2v) is 8.37. The van der Waals surface area contributed by atoms with Crippen LogP contribution in [0.2, 0.25) is 0 Å². The van der Waals surface area contributed by atoms with Gasteiger partial charge in [-0.1, -0.05) is 12.1 Å². The summed E-state index contributed by atoms with van der Waals surface area (Å²) in [7, 11) is 0. The Hall–Kier alpha value is -3.24. The summed E-state index contributed by atoms with van der Waals surface area (Å²) < 4.78 is 0. The van der Waals surface area contributed by atoms with Crippen LogP contribution in [0.1, 0.15) is 40.2 Å². The van der Waals surface area contributed by atoms with Crippen molar-refractivity contribution in [1.82, 2.24) is 14.9 Å². The van der Waals surface area contributed by atoms with Gasteiger partial charge in [-0.3, -0.25) is 9.59 Å². The standard InChI is InChI=1S/C22H20N4O2S/c1-13-14(2)29-21-18(13)20(27)24-19(25-21)17(22(28)26-9-3-4-10-26)11-15-5-7-16(12-23)8-6-15/h5-8,11H,3-4,9-10H2,1-2H3,(H,24,25,27). The van der Waals surface area contributed by atoms with Gasteiger partial charge < -0.3 is 9.88 Å². The van der Waals surface area contributed by atoms with Crippen LogP contribution < -0.4 is 5.56 Å². The van der Waals surface area contributed by atoms with Crippen LogP contribution in [0.25, 0.3) is 21.9 Å². The zero-order chi connectivity index (χ0) is 20.5. The fourth-order valence-electron chi connectivity index (χ4n) is 3.52. The number of carbonyl (C=O) groups excluding carboxylic acids is 1. The topological polar surface area (TPSA) is 89.8 Å². The van der Waals surface area contributed by atoms with Crippen LogP contribution in [-0.2, 0) is 4.79 Å². The normalized spacial score (nSPS) is 14.4. The van der Waals surface area contributed by atoms with E-state index in [-0.39, 0.29) is 17.3 Å². The molecule has 0 aliphatic carbocycles. The molecule has 0 unspecified atom stereocenters. The summed E-state index contributed by atoms with van der Waals surface area (Å²) in [4.78, 5) is 36.9. The summed E-state index contributed by atoms with van der Waals surface area (Å²) in [5, 5.41) is 9.59. The van der Waals surface area contributed by atoms with Gasteiger partial charge in [-0.2, -0.15) is 5.26 Å². The summed E-state index contributed by atoms with van der Waals surface area (Å²) >= 11 is 1.46. The lowest BCUT2D eigenvalue weighted by Crippen LogP contribution is -2.29. The summed E-state index contributed by atoms with van der Waals surface area (Å²) in [6.45, 7) is 5.28. The van der Waals surface area contributed by atoms with Gasteiger partial charge in [-0.25, -0.2) is 4.98 Å². The molecule has 3 aromatic rings. The lowest BCUT2D eigenvalue weighted by atomic mass is 10.1. The maximum absolute atomic E-state index is 13.2. The summed E-state index contributed by atoms with van der Waals surface area (Å²) in [6.07, 6.45) is 3.68. The number of rotatable bonds is 3. The molecule has 1 amide bonds. The number of hydrogen-bond donors (Lipinski definition) is 1. The summed E-state index contributed by atoms with van der Waals surface area (Å²) in [5.41, 5.74) is 2.37. The second kappa shape index (κ2) is 7.64. The van der Waals surface area contributed by atoms with Crippen LogP contribution >= 0.6 is 11.3 Å². The highest BCUT2D eigenvalue weighted by Gasteiger charge is 2.25. The van der Waals surface area contributed by atoms with Crippen molar-refractivity contribution in [2.24, 2.45) is 0 Å². The van der Waals surface area contributed by atoms with Crippen LogP contribution in [0, 0.1) is 25.2 Å². The lowest BCUT2D eigenvalue weighted by molar-refractivity contribution is -0.123. The molecule has 1 aromatic carbocycles. The molecule has 4 rings (SSSR count). The van der Waals surface area contributed by atoms with Crippen molar-refractivity contribution in [3.63, 3.8) is 0 Å². The molecule has 29 heavy (non-hydrogen) atoms. The number of amides is 1. The average Bonchev–Trinajstić information content (AvgIpc) is 3.35. The van der Waals surface area contributed by atoms with Crippen LogP contribution in [0.15, 0.2) is 29.1 Å². The second-order valence-electron chi connectivity index (χ2n) is 7.17. The summed E-state index contributed by atoms with van der Waals surface area (Å²) in [5.74, 6) is 0.143. The van der Waals surface area contributed by atoms with Crippen LogP contribution in [0.4, 0.5) is 0 Å². The predicted molar refractivity (Wildman–Crippen MR) is 115 cm³/mol. The number of nitriles is 1. The number of nitrogens with one attached hydrogen (secondary N) is 1. The van der Waals surface area contributed by atoms with Crippen LogP contribution in [-0.4, -0.2) is 33.9 Å². The van der Waals surface area contributed by atoms with Crippen molar-refractivity contribution in [2.75, 3.05) is 13.1 Å². The SMILES string of the molecule is Cc1sc2nc(C(=Cc3ccc(C#N)cc3)C(=O)N3CCCC3)[nH]c(=O)c2c1C. The van der Waals surface area contributed by atoms with Gasteiger partial charge in [0.25, 0.3) is 11.5 Å². The third-order valence-electron chi connectivity index (χ3n) is 5.27. The summed E-state index contributed by atoms with van der Waals surface area (Å²) in [6, 6.07) is 9.06. The Morgan fingerprint density at radius 2 is 1.93 bits per heavy atom. The average molecular weight is 404 g/mol. The van der Waals surface area contributed by atoms with Gasteiger partial charge in [0.15, 0.2) is 0 Å². The molecule has 3 heterocycles. The molecule has 0 spiro atoms. The predicted octanol–water partition coefficient (Wildman–Crippen LogP) is 3.64. The van der Waals surface area contributed by atoms with E-state index in [2.05, 4.69) is 16.0 Å². The van der Waals surface area contributed by atoms with Gasteiger partial charge >= 0.3 is 0 Å². The van der Waals surface area contributed by atoms with E-state index in [9.17, 15) is 9.59 Å². The number of hydrogen-bond acceptors (Lipinski definition) is 5. The van der Waals surface area contributed by atoms with Gasteiger partial charge in [0.1, 0.15) is 10.7 Å². The van der Waals surface area contributed by atoms with Crippen molar-refractivity contribution >= 4 is 39.1 Å². The third-order valence-corrected chi connectivity index (χ3v) is 6.37. The Bertz CT molecular complexity index is 1220. The minimum Gasteiger partial charge on any atom is -0.339 e. The first-order valence-corrected chi connectivity index (χ1v) is 10.3. The number of carbonyl (C=O) groups is 1. The first-order chi connectivity index (χ1) is 14.0. The Morgan fingerprint density at radius 3 is 2.59 bits per heavy atom. The molecule has 146 valence electrons. The zero-order valence-corrected chi connectivity index (χ0v) is 17.1. The van der Waals surface area contributed by atoms with Gasteiger partial charge in [-0.15, -0.1) is 11.3 Å². The maximum atomic E-state index is 13.2. The minimum absolute atomic E-state index is 0.139. The monoisotopic (exact) mass is 404 g/mol. The number of benzene rings is 1. The molecule has 1 aliphatic heterocycles. The highest BCUT2D eigenvalue weighted by atomic mass is 32.1. The highest BCUT2D eigenvalue weighted by Crippen LogP contribution is 2.28. The van der Waals surface area contributed by atoms with Gasteiger partial charge in [0.05, 0.1) is 22.6 Å². The highest BCUT2D eigenvalue weighted by molar-refractivity contribution is 7.18. The van der Waals surface area contributed by atoms with Crippen molar-refractivity contribution in [3.8, 4) is 6.07 Å². The molecule has 0 bridgehead atoms. The largest absolute Gasteiger partial charge is 0.339 e. The first-order valence-electron chi connectivity index (χ1n) is 9.49. The maximum Gasteiger partial charge on any atom is 0.260 e. The van der Waals surface area contributed by atoms with E-state index in [0.717, 1.165) is 28.8 Å². The Kier molecular flexibility index (Phi) is 5.03. The molecule has 2 aromatic heterocycles. The quantitative estimate of drug-likeness (QED) is 0.675. The molecule has 0 radical (unpaired) electrons. The Labute approximate surface area is 172 Å². The number of aryl methyl sites for hydroxylation is 2. The molecular formula is C22H20N4O2S. The lowest BCUT2D eigenvalue weighted by Gasteiger charge is -2.17. The molecule has 1 N–H and O–H groups in total. The number of aromatic nitrogens is 2. The molecule has 7 heteroatoms. The molecular weight excluding hydrogens is 384 g/mol. The number of H-pyrrole nitrogens is 1. The number of thiophene rings is 1. The molecule has 1 saturated heterocycles. The smallest absolute Gasteiger partial charge is 0.260 e. The van der Waals surface area contributed by atoms with E-state index < -0.39 is 0 Å². The number of aromatic amines is 1. The first kappa shape index (κ1) is 19.1.